The fraction of sp³-hybridized carbons (Fsp3) is 0.524. The Morgan fingerprint density at radius 1 is 1.33 bits per heavy atom. The van der Waals surface area contributed by atoms with Crippen LogP contribution in [-0.4, -0.2) is 68.9 Å². The molecule has 0 radical (unpaired) electrons. The summed E-state index contributed by atoms with van der Waals surface area (Å²) in [6, 6.07) is 4.46. The molecule has 160 valence electrons. The number of hydrogen-bond donors (Lipinski definition) is 2. The fourth-order valence-electron chi connectivity index (χ4n) is 4.26. The van der Waals surface area contributed by atoms with Gasteiger partial charge in [-0.2, -0.15) is 0 Å². The number of nitrogens with zero attached hydrogens (tertiary/aromatic N) is 3. The molecule has 0 bridgehead atoms. The van der Waals surface area contributed by atoms with E-state index in [1.54, 1.807) is 43.1 Å². The predicted octanol–water partition coefficient (Wildman–Crippen LogP) is 1.32. The summed E-state index contributed by atoms with van der Waals surface area (Å²) < 4.78 is 11.2. The molecule has 2 aromatic heterocycles. The number of piperidine rings is 1. The molecule has 9 heteroatoms. The van der Waals surface area contributed by atoms with Crippen molar-refractivity contribution in [2.24, 2.45) is 0 Å². The largest absolute Gasteiger partial charge is 0.388 e. The lowest BCUT2D eigenvalue weighted by Gasteiger charge is -2.51. The number of rotatable bonds is 3. The molecule has 0 unspecified atom stereocenters. The van der Waals surface area contributed by atoms with Crippen molar-refractivity contribution in [3.8, 4) is 0 Å². The lowest BCUT2D eigenvalue weighted by atomic mass is 9.75. The Balaban J connectivity index is 1.36. The van der Waals surface area contributed by atoms with Gasteiger partial charge in [-0.25, -0.2) is 0 Å². The summed E-state index contributed by atoms with van der Waals surface area (Å²) in [5, 5.41) is 17.7. The Bertz CT molecular complexity index is 918. The van der Waals surface area contributed by atoms with Crippen molar-refractivity contribution >= 4 is 11.8 Å². The quantitative estimate of drug-likeness (QED) is 0.778. The molecule has 2 aromatic rings. The number of carbonyl (C=O) groups is 2. The molecule has 2 aliphatic rings. The molecule has 0 aromatic carbocycles. The van der Waals surface area contributed by atoms with Crippen LogP contribution in [0, 0.1) is 6.92 Å². The number of amides is 2. The molecule has 2 fully saturated rings. The van der Waals surface area contributed by atoms with Crippen LogP contribution < -0.4 is 5.32 Å². The number of aromatic nitrogens is 2. The van der Waals surface area contributed by atoms with Gasteiger partial charge in [-0.1, -0.05) is 5.16 Å². The highest BCUT2D eigenvalue weighted by Gasteiger charge is 2.50. The van der Waals surface area contributed by atoms with Crippen molar-refractivity contribution < 1.29 is 24.0 Å². The minimum Gasteiger partial charge on any atom is -0.388 e. The maximum Gasteiger partial charge on any atom is 0.292 e. The molecule has 4 rings (SSSR count). The molecule has 2 N–H and O–H groups in total. The zero-order valence-corrected chi connectivity index (χ0v) is 17.1. The van der Waals surface area contributed by atoms with Gasteiger partial charge in [0.25, 0.3) is 11.8 Å². The Kier molecular flexibility index (Phi) is 5.33. The fourth-order valence-corrected chi connectivity index (χ4v) is 4.26. The van der Waals surface area contributed by atoms with E-state index in [0.29, 0.717) is 43.6 Å². The number of carbonyl (C=O) groups excluding carboxylic acids is 2. The summed E-state index contributed by atoms with van der Waals surface area (Å²) in [5.74, 6) is -0.247. The second-order valence-corrected chi connectivity index (χ2v) is 8.42. The Labute approximate surface area is 174 Å². The lowest BCUT2D eigenvalue weighted by molar-refractivity contribution is -0.183. The van der Waals surface area contributed by atoms with Gasteiger partial charge < -0.3 is 24.6 Å². The van der Waals surface area contributed by atoms with Crippen molar-refractivity contribution in [3.05, 3.63) is 47.6 Å². The minimum absolute atomic E-state index is 0.186. The average molecular weight is 414 g/mol. The Morgan fingerprint density at radius 3 is 2.70 bits per heavy atom. The third-order valence-corrected chi connectivity index (χ3v) is 6.02. The first-order chi connectivity index (χ1) is 14.3. The summed E-state index contributed by atoms with van der Waals surface area (Å²) >= 11 is 0. The van der Waals surface area contributed by atoms with E-state index in [1.165, 1.54) is 6.20 Å². The van der Waals surface area contributed by atoms with Gasteiger partial charge in [0.1, 0.15) is 0 Å². The lowest BCUT2D eigenvalue weighted by Crippen LogP contribution is -2.64. The monoisotopic (exact) mass is 414 g/mol. The molecule has 0 saturated carbocycles. The van der Waals surface area contributed by atoms with Crippen LogP contribution >= 0.6 is 0 Å². The van der Waals surface area contributed by atoms with Gasteiger partial charge in [0.15, 0.2) is 0 Å². The van der Waals surface area contributed by atoms with E-state index in [4.69, 9.17) is 9.26 Å². The first kappa shape index (κ1) is 20.5. The maximum atomic E-state index is 12.6. The molecule has 0 aliphatic carbocycles. The number of hydrogen-bond acceptors (Lipinski definition) is 7. The van der Waals surface area contributed by atoms with Crippen molar-refractivity contribution in [3.63, 3.8) is 0 Å². The normalized spacial score (nSPS) is 25.8. The number of aliphatic hydroxyl groups is 1. The second-order valence-electron chi connectivity index (χ2n) is 8.42. The molecule has 2 saturated heterocycles. The van der Waals surface area contributed by atoms with Crippen molar-refractivity contribution in [1.29, 1.82) is 0 Å². The summed E-state index contributed by atoms with van der Waals surface area (Å²) in [4.78, 5) is 30.7. The molecule has 9 nitrogen and oxygen atoms in total. The zero-order valence-electron chi connectivity index (χ0n) is 17.1. The molecule has 4 heterocycles. The third kappa shape index (κ3) is 4.08. The van der Waals surface area contributed by atoms with Crippen molar-refractivity contribution in [2.75, 3.05) is 19.7 Å². The maximum absolute atomic E-state index is 12.6. The molecule has 2 aliphatic heterocycles. The molecule has 1 spiro atoms. The van der Waals surface area contributed by atoms with E-state index < -0.39 is 17.2 Å². The van der Waals surface area contributed by atoms with Crippen LogP contribution in [0.25, 0.3) is 0 Å². The van der Waals surface area contributed by atoms with Crippen molar-refractivity contribution in [1.82, 2.24) is 20.4 Å². The number of aryl methyl sites for hydroxylation is 1. The zero-order chi connectivity index (χ0) is 21.4. The van der Waals surface area contributed by atoms with Crippen LogP contribution in [-0.2, 0) is 4.74 Å². The van der Waals surface area contributed by atoms with E-state index in [-0.39, 0.29) is 24.2 Å². The van der Waals surface area contributed by atoms with Gasteiger partial charge >= 0.3 is 0 Å². The summed E-state index contributed by atoms with van der Waals surface area (Å²) in [5.41, 5.74) is -0.557. The average Bonchev–Trinajstić information content (AvgIpc) is 3.17. The highest BCUT2D eigenvalue weighted by molar-refractivity contribution is 5.94. The Hall–Kier alpha value is -2.78. The molecule has 2 amide bonds. The van der Waals surface area contributed by atoms with Crippen LogP contribution in [0.4, 0.5) is 0 Å². The van der Waals surface area contributed by atoms with E-state index in [0.717, 1.165) is 0 Å². The smallest absolute Gasteiger partial charge is 0.292 e. The Morgan fingerprint density at radius 2 is 2.10 bits per heavy atom. The van der Waals surface area contributed by atoms with Gasteiger partial charge in [-0.05, 0) is 38.8 Å². The summed E-state index contributed by atoms with van der Waals surface area (Å²) in [6.45, 7) is 4.70. The van der Waals surface area contributed by atoms with Crippen LogP contribution in [0.15, 0.2) is 35.1 Å². The summed E-state index contributed by atoms with van der Waals surface area (Å²) in [6.07, 6.45) is 4.66. The van der Waals surface area contributed by atoms with Crippen LogP contribution in [0.3, 0.4) is 0 Å². The van der Waals surface area contributed by atoms with Crippen molar-refractivity contribution in [2.45, 2.75) is 50.4 Å². The number of pyridine rings is 1. The molecular weight excluding hydrogens is 388 g/mol. The van der Waals surface area contributed by atoms with Crippen LogP contribution in [0.5, 0.6) is 0 Å². The second kappa shape index (κ2) is 7.81. The first-order valence-electron chi connectivity index (χ1n) is 10.1. The molecular formula is C21H26N4O5. The third-order valence-electron chi connectivity index (χ3n) is 6.02. The van der Waals surface area contributed by atoms with E-state index in [1.807, 2.05) is 0 Å². The number of nitrogens with one attached hydrogen (secondary N) is 1. The van der Waals surface area contributed by atoms with Gasteiger partial charge in [0, 0.05) is 38.0 Å². The topological polar surface area (TPSA) is 118 Å². The van der Waals surface area contributed by atoms with Gasteiger partial charge in [-0.3, -0.25) is 14.6 Å². The standard InChI is InChI=1S/C21H26N4O5/c1-14-10-16(30-24-14)19(27)25-8-5-21(6-9-25)13-20(2,28)17(12-29-21)23-18(26)15-4-3-7-22-11-15/h3-4,7,10-11,17,28H,5-6,8-9,12-13H2,1-2H3,(H,23,26)/t17-,20-/m0/s1. The van der Waals surface area contributed by atoms with Crippen LogP contribution in [0.2, 0.25) is 0 Å². The van der Waals surface area contributed by atoms with E-state index in [2.05, 4.69) is 15.5 Å². The summed E-state index contributed by atoms with van der Waals surface area (Å²) in [7, 11) is 0. The first-order valence-corrected chi connectivity index (χ1v) is 10.1. The highest BCUT2D eigenvalue weighted by Crippen LogP contribution is 2.40. The number of likely N-dealkylation sites (tertiary alicyclic amines) is 1. The molecule has 2 atom stereocenters. The molecule has 30 heavy (non-hydrogen) atoms. The predicted molar refractivity (Wildman–Crippen MR) is 106 cm³/mol. The number of ether oxygens (including phenoxy) is 1. The van der Waals surface area contributed by atoms with Gasteiger partial charge in [0.2, 0.25) is 5.76 Å². The van der Waals surface area contributed by atoms with Gasteiger partial charge in [-0.15, -0.1) is 0 Å². The SMILES string of the molecule is Cc1cc(C(=O)N2CCC3(CC2)C[C@](C)(O)[C@@H](NC(=O)c2cccnc2)CO3)on1. The van der Waals surface area contributed by atoms with E-state index in [9.17, 15) is 14.7 Å². The minimum atomic E-state index is -1.13. The van der Waals surface area contributed by atoms with E-state index >= 15 is 0 Å². The van der Waals surface area contributed by atoms with Gasteiger partial charge in [0.05, 0.1) is 35.1 Å². The highest BCUT2D eigenvalue weighted by atomic mass is 16.5. The van der Waals surface area contributed by atoms with Crippen LogP contribution in [0.1, 0.15) is 52.8 Å².